The van der Waals surface area contributed by atoms with Crippen LogP contribution in [0.1, 0.15) is 23.6 Å². The van der Waals surface area contributed by atoms with Gasteiger partial charge in [0.05, 0.1) is 0 Å². The summed E-state index contributed by atoms with van der Waals surface area (Å²) < 4.78 is 0. The first-order chi connectivity index (χ1) is 10.1. The lowest BCUT2D eigenvalue weighted by molar-refractivity contribution is 1.41. The predicted octanol–water partition coefficient (Wildman–Crippen LogP) is 6.12. The van der Waals surface area contributed by atoms with Crippen LogP contribution in [0.3, 0.4) is 0 Å². The molecule has 2 aromatic carbocycles. The summed E-state index contributed by atoms with van der Waals surface area (Å²) in [7, 11) is 0. The summed E-state index contributed by atoms with van der Waals surface area (Å²) >= 11 is 0. The Morgan fingerprint density at radius 2 is 1.67 bits per heavy atom. The number of hydrogen-bond donors (Lipinski definition) is 0. The molecule has 2 aromatic rings. The molecule has 0 amide bonds. The maximum atomic E-state index is 4.19. The zero-order valence-corrected chi connectivity index (χ0v) is 13.1. The third-order valence-corrected chi connectivity index (χ3v) is 3.64. The minimum atomic E-state index is 1.04. The van der Waals surface area contributed by atoms with E-state index in [4.69, 9.17) is 0 Å². The fraction of sp³-hybridized carbons (Fsp3) is 0.143. The van der Waals surface area contributed by atoms with Crippen molar-refractivity contribution in [3.05, 3.63) is 90.0 Å². The van der Waals surface area contributed by atoms with Gasteiger partial charge in [-0.15, -0.1) is 0 Å². The second-order valence-electron chi connectivity index (χ2n) is 5.25. The molecule has 0 aliphatic rings. The van der Waals surface area contributed by atoms with Gasteiger partial charge in [-0.25, -0.2) is 0 Å². The maximum absolute atomic E-state index is 4.19. The van der Waals surface area contributed by atoms with E-state index >= 15 is 0 Å². The Bertz CT molecular complexity index is 682. The van der Waals surface area contributed by atoms with Crippen LogP contribution in [0, 0.1) is 13.8 Å². The van der Waals surface area contributed by atoms with E-state index in [2.05, 4.69) is 69.0 Å². The van der Waals surface area contributed by atoms with Gasteiger partial charge in [0.1, 0.15) is 0 Å². The maximum Gasteiger partial charge on any atom is -0.0149 e. The molecule has 21 heavy (non-hydrogen) atoms. The van der Waals surface area contributed by atoms with Gasteiger partial charge in [-0.2, -0.15) is 0 Å². The van der Waals surface area contributed by atoms with Crippen LogP contribution in [-0.2, 0) is 0 Å². The standard InChI is InChI=1S/C21H22/c1-5-6-7-9-17(3)20-10-8-11-21(18(20)4)19-14-12-16(2)13-15-19/h5-15H,3H2,1-2,4H3/b6-5-,9-7-. The summed E-state index contributed by atoms with van der Waals surface area (Å²) in [6.07, 6.45) is 8.12. The summed E-state index contributed by atoms with van der Waals surface area (Å²) in [6, 6.07) is 15.1. The minimum absolute atomic E-state index is 1.04. The summed E-state index contributed by atoms with van der Waals surface area (Å²) in [6.45, 7) is 10.5. The van der Waals surface area contributed by atoms with Crippen molar-refractivity contribution in [1.29, 1.82) is 0 Å². The van der Waals surface area contributed by atoms with Crippen molar-refractivity contribution in [2.24, 2.45) is 0 Å². The van der Waals surface area contributed by atoms with E-state index in [0.29, 0.717) is 0 Å². The normalized spacial score (nSPS) is 11.4. The molecule has 2 rings (SSSR count). The molecular weight excluding hydrogens is 252 g/mol. The molecule has 0 unspecified atom stereocenters. The largest absolute Gasteiger partial charge is 0.0911 e. The molecule has 0 atom stereocenters. The molecule has 0 N–H and O–H groups in total. The summed E-state index contributed by atoms with van der Waals surface area (Å²) in [5.74, 6) is 0. The number of hydrogen-bond acceptors (Lipinski definition) is 0. The lowest BCUT2D eigenvalue weighted by atomic mass is 9.93. The minimum Gasteiger partial charge on any atom is -0.0911 e. The Morgan fingerprint density at radius 3 is 2.33 bits per heavy atom. The average molecular weight is 274 g/mol. The molecule has 106 valence electrons. The molecule has 0 radical (unpaired) electrons. The number of aryl methyl sites for hydroxylation is 1. The van der Waals surface area contributed by atoms with E-state index in [1.165, 1.54) is 27.8 Å². The molecule has 0 heteroatoms. The second kappa shape index (κ2) is 6.90. The molecule has 0 bridgehead atoms. The van der Waals surface area contributed by atoms with Crippen molar-refractivity contribution in [3.8, 4) is 11.1 Å². The summed E-state index contributed by atoms with van der Waals surface area (Å²) in [5.41, 5.74) is 7.33. The Hall–Kier alpha value is -2.34. The van der Waals surface area contributed by atoms with Crippen LogP contribution in [-0.4, -0.2) is 0 Å². The van der Waals surface area contributed by atoms with Crippen molar-refractivity contribution in [1.82, 2.24) is 0 Å². The zero-order chi connectivity index (χ0) is 15.2. The highest BCUT2D eigenvalue weighted by atomic mass is 14.1. The van der Waals surface area contributed by atoms with Crippen molar-refractivity contribution in [3.63, 3.8) is 0 Å². The van der Waals surface area contributed by atoms with Gasteiger partial charge in [0.2, 0.25) is 0 Å². The van der Waals surface area contributed by atoms with Crippen LogP contribution in [0.15, 0.2) is 73.3 Å². The van der Waals surface area contributed by atoms with Crippen LogP contribution < -0.4 is 0 Å². The fourth-order valence-electron chi connectivity index (χ4n) is 2.40. The quantitative estimate of drug-likeness (QED) is 0.589. The zero-order valence-electron chi connectivity index (χ0n) is 13.1. The first-order valence-corrected chi connectivity index (χ1v) is 7.28. The van der Waals surface area contributed by atoms with Crippen molar-refractivity contribution >= 4 is 5.57 Å². The van der Waals surface area contributed by atoms with Crippen molar-refractivity contribution in [2.45, 2.75) is 20.8 Å². The Balaban J connectivity index is 2.40. The van der Waals surface area contributed by atoms with E-state index in [0.717, 1.165) is 5.57 Å². The summed E-state index contributed by atoms with van der Waals surface area (Å²) in [5, 5.41) is 0. The first-order valence-electron chi connectivity index (χ1n) is 7.28. The van der Waals surface area contributed by atoms with E-state index in [-0.39, 0.29) is 0 Å². The van der Waals surface area contributed by atoms with Gasteiger partial charge in [0.25, 0.3) is 0 Å². The third kappa shape index (κ3) is 3.61. The van der Waals surface area contributed by atoms with Gasteiger partial charge >= 0.3 is 0 Å². The van der Waals surface area contributed by atoms with E-state index in [1.54, 1.807) is 0 Å². The Labute approximate surface area is 128 Å². The lowest BCUT2D eigenvalue weighted by Gasteiger charge is -2.12. The molecule has 0 aliphatic heterocycles. The van der Waals surface area contributed by atoms with Crippen LogP contribution in [0.4, 0.5) is 0 Å². The molecular formula is C21H22. The number of rotatable bonds is 4. The fourth-order valence-corrected chi connectivity index (χ4v) is 2.40. The highest BCUT2D eigenvalue weighted by Crippen LogP contribution is 2.29. The van der Waals surface area contributed by atoms with Crippen LogP contribution in [0.5, 0.6) is 0 Å². The Morgan fingerprint density at radius 1 is 0.952 bits per heavy atom. The van der Waals surface area contributed by atoms with Gasteiger partial charge in [-0.1, -0.05) is 78.9 Å². The van der Waals surface area contributed by atoms with E-state index < -0.39 is 0 Å². The van der Waals surface area contributed by atoms with Gasteiger partial charge in [-0.05, 0) is 48.6 Å². The van der Waals surface area contributed by atoms with Gasteiger partial charge < -0.3 is 0 Å². The molecule has 0 nitrogen and oxygen atoms in total. The second-order valence-corrected chi connectivity index (χ2v) is 5.25. The van der Waals surface area contributed by atoms with Gasteiger partial charge in [-0.3, -0.25) is 0 Å². The van der Waals surface area contributed by atoms with Crippen LogP contribution >= 0.6 is 0 Å². The predicted molar refractivity (Wildman–Crippen MR) is 94.3 cm³/mol. The van der Waals surface area contributed by atoms with Crippen LogP contribution in [0.2, 0.25) is 0 Å². The van der Waals surface area contributed by atoms with Crippen molar-refractivity contribution < 1.29 is 0 Å². The SMILES string of the molecule is C=C(/C=C\C=C/C)c1cccc(-c2ccc(C)cc2)c1C. The molecule has 0 saturated carbocycles. The Kier molecular flexibility index (Phi) is 4.94. The average Bonchev–Trinajstić information content (AvgIpc) is 2.49. The molecule has 0 fully saturated rings. The molecule has 0 heterocycles. The smallest absolute Gasteiger partial charge is 0.0149 e. The number of benzene rings is 2. The van der Waals surface area contributed by atoms with Gasteiger partial charge in [0.15, 0.2) is 0 Å². The third-order valence-electron chi connectivity index (χ3n) is 3.64. The highest BCUT2D eigenvalue weighted by Gasteiger charge is 2.07. The number of allylic oxidation sites excluding steroid dienone is 5. The molecule has 0 aromatic heterocycles. The molecule has 0 saturated heterocycles. The highest BCUT2D eigenvalue weighted by molar-refractivity contribution is 5.80. The summed E-state index contributed by atoms with van der Waals surface area (Å²) in [4.78, 5) is 0. The van der Waals surface area contributed by atoms with E-state index in [1.807, 2.05) is 25.2 Å². The van der Waals surface area contributed by atoms with E-state index in [9.17, 15) is 0 Å². The molecule has 0 aliphatic carbocycles. The lowest BCUT2D eigenvalue weighted by Crippen LogP contribution is -1.90. The van der Waals surface area contributed by atoms with Crippen LogP contribution in [0.25, 0.3) is 16.7 Å². The molecule has 0 spiro atoms. The van der Waals surface area contributed by atoms with Gasteiger partial charge in [0, 0.05) is 0 Å². The first kappa shape index (κ1) is 15.1. The van der Waals surface area contributed by atoms with Crippen molar-refractivity contribution in [2.75, 3.05) is 0 Å². The topological polar surface area (TPSA) is 0 Å². The monoisotopic (exact) mass is 274 g/mol.